The number of nitrogens with zero attached hydrogens (tertiary/aromatic N) is 2. The van der Waals surface area contributed by atoms with Crippen LogP contribution in [0.2, 0.25) is 10.0 Å². The molecule has 1 aliphatic heterocycles. The van der Waals surface area contributed by atoms with E-state index in [2.05, 4.69) is 5.16 Å². The van der Waals surface area contributed by atoms with E-state index in [0.29, 0.717) is 29.6 Å². The van der Waals surface area contributed by atoms with E-state index >= 15 is 0 Å². The molecular weight excluding hydrogens is 383 g/mol. The first-order valence-electron chi connectivity index (χ1n) is 9.11. The lowest BCUT2D eigenvalue weighted by Crippen LogP contribution is -2.38. The lowest BCUT2D eigenvalue weighted by Gasteiger charge is -2.25. The molecule has 0 bridgehead atoms. The van der Waals surface area contributed by atoms with Crippen LogP contribution in [0.15, 0.2) is 53.7 Å². The average molecular weight is 403 g/mol. The van der Waals surface area contributed by atoms with Gasteiger partial charge in [-0.25, -0.2) is 0 Å². The Morgan fingerprint density at radius 1 is 1.07 bits per heavy atom. The summed E-state index contributed by atoms with van der Waals surface area (Å²) in [6.45, 7) is 0.967. The molecule has 1 heterocycles. The van der Waals surface area contributed by atoms with Crippen molar-refractivity contribution in [2.45, 2.75) is 31.9 Å². The minimum atomic E-state index is -0.179. The van der Waals surface area contributed by atoms with Crippen molar-refractivity contribution in [1.29, 1.82) is 0 Å². The first kappa shape index (κ1) is 18.3. The molecule has 2 aliphatic rings. The van der Waals surface area contributed by atoms with Gasteiger partial charge < -0.3 is 9.74 Å². The average Bonchev–Trinajstić information content (AvgIpc) is 3.42. The Bertz CT molecular complexity index is 880. The van der Waals surface area contributed by atoms with E-state index in [0.717, 1.165) is 29.7 Å². The number of benzene rings is 2. The number of amides is 1. The molecule has 4 rings (SSSR count). The van der Waals surface area contributed by atoms with Crippen LogP contribution in [0.4, 0.5) is 0 Å². The van der Waals surface area contributed by atoms with Gasteiger partial charge in [0.25, 0.3) is 0 Å². The zero-order valence-corrected chi connectivity index (χ0v) is 16.3. The van der Waals surface area contributed by atoms with Gasteiger partial charge in [-0.2, -0.15) is 0 Å². The van der Waals surface area contributed by atoms with Crippen molar-refractivity contribution in [2.24, 2.45) is 11.1 Å². The smallest absolute Gasteiger partial charge is 0.226 e. The molecule has 0 saturated heterocycles. The summed E-state index contributed by atoms with van der Waals surface area (Å²) in [4.78, 5) is 20.3. The lowest BCUT2D eigenvalue weighted by atomic mass is 10.0. The fraction of sp³-hybridized carbons (Fsp3) is 0.333. The van der Waals surface area contributed by atoms with Gasteiger partial charge in [0.2, 0.25) is 5.91 Å². The highest BCUT2D eigenvalue weighted by molar-refractivity contribution is 6.34. The molecule has 0 spiro atoms. The number of carbonyl (C=O) groups is 1. The Morgan fingerprint density at radius 3 is 2.48 bits per heavy atom. The maximum absolute atomic E-state index is 12.8. The maximum atomic E-state index is 12.8. The van der Waals surface area contributed by atoms with Gasteiger partial charge in [0.1, 0.15) is 0 Å². The Morgan fingerprint density at radius 2 is 1.78 bits per heavy atom. The molecule has 0 N–H and O–H groups in total. The number of rotatable bonds is 6. The Balaban J connectivity index is 1.46. The van der Waals surface area contributed by atoms with Gasteiger partial charge in [0.05, 0.1) is 12.3 Å². The molecule has 6 heteroatoms. The van der Waals surface area contributed by atoms with E-state index in [1.54, 1.807) is 0 Å². The summed E-state index contributed by atoms with van der Waals surface area (Å²) in [5, 5.41) is 5.54. The molecule has 2 aromatic rings. The first-order chi connectivity index (χ1) is 13.1. The summed E-state index contributed by atoms with van der Waals surface area (Å²) >= 11 is 12.6. The number of halogens is 2. The third kappa shape index (κ3) is 4.28. The molecule has 4 nitrogen and oxygen atoms in total. The van der Waals surface area contributed by atoms with Crippen molar-refractivity contribution in [1.82, 2.24) is 4.90 Å². The summed E-state index contributed by atoms with van der Waals surface area (Å²) in [7, 11) is 0. The van der Waals surface area contributed by atoms with Gasteiger partial charge in [0.15, 0.2) is 6.10 Å². The van der Waals surface area contributed by atoms with E-state index in [1.165, 1.54) is 0 Å². The molecular formula is C21H20Cl2N2O2. The summed E-state index contributed by atoms with van der Waals surface area (Å²) in [6.07, 6.45) is 2.37. The second-order valence-electron chi connectivity index (χ2n) is 7.03. The Kier molecular flexibility index (Phi) is 5.37. The molecule has 1 atom stereocenters. The fourth-order valence-corrected chi connectivity index (χ4v) is 3.72. The van der Waals surface area contributed by atoms with E-state index in [4.69, 9.17) is 28.0 Å². The molecule has 140 valence electrons. The topological polar surface area (TPSA) is 41.9 Å². The fourth-order valence-electron chi connectivity index (χ4n) is 3.28. The van der Waals surface area contributed by atoms with Crippen molar-refractivity contribution in [3.63, 3.8) is 0 Å². The minimum absolute atomic E-state index is 0.137. The van der Waals surface area contributed by atoms with Crippen molar-refractivity contribution in [3.05, 3.63) is 69.7 Å². The van der Waals surface area contributed by atoms with Crippen molar-refractivity contribution < 1.29 is 9.63 Å². The number of carbonyl (C=O) groups excluding carboxylic acids is 1. The highest BCUT2D eigenvalue weighted by Gasteiger charge is 2.36. The predicted molar refractivity (Wildman–Crippen MR) is 107 cm³/mol. The van der Waals surface area contributed by atoms with Crippen molar-refractivity contribution >= 4 is 34.8 Å². The van der Waals surface area contributed by atoms with Crippen molar-refractivity contribution in [2.75, 3.05) is 6.54 Å². The predicted octanol–water partition coefficient (Wildman–Crippen LogP) is 4.93. The summed E-state index contributed by atoms with van der Waals surface area (Å²) in [5.74, 6) is 0.308. The van der Waals surface area contributed by atoms with Gasteiger partial charge in [-0.15, -0.1) is 0 Å². The third-order valence-corrected chi connectivity index (χ3v) is 5.60. The van der Waals surface area contributed by atoms with Gasteiger partial charge >= 0.3 is 0 Å². The van der Waals surface area contributed by atoms with Crippen molar-refractivity contribution in [3.8, 4) is 0 Å². The number of oxime groups is 1. The second kappa shape index (κ2) is 7.91. The summed E-state index contributed by atoms with van der Waals surface area (Å²) in [5.41, 5.74) is 2.65. The van der Waals surface area contributed by atoms with Crippen LogP contribution in [-0.2, 0) is 16.2 Å². The third-order valence-electron chi connectivity index (χ3n) is 4.90. The lowest BCUT2D eigenvalue weighted by molar-refractivity contribution is -0.135. The second-order valence-corrected chi connectivity index (χ2v) is 7.85. The molecule has 27 heavy (non-hydrogen) atoms. The van der Waals surface area contributed by atoms with Crippen LogP contribution in [0.1, 0.15) is 30.4 Å². The molecule has 1 amide bonds. The molecule has 2 aromatic carbocycles. The zero-order valence-electron chi connectivity index (χ0n) is 14.8. The molecule has 1 aliphatic carbocycles. The first-order valence-corrected chi connectivity index (χ1v) is 9.87. The maximum Gasteiger partial charge on any atom is 0.226 e. The standard InChI is InChI=1S/C21H20Cl2N2O2/c22-18-7-3-1-5-15(18)12-25(21(26)14-9-10-14)13-16-11-20(24-27-16)17-6-2-4-8-19(17)23/h1-8,14,16H,9-13H2/t16-/m0/s1. The van der Waals surface area contributed by atoms with E-state index in [1.807, 2.05) is 53.4 Å². The molecule has 0 aromatic heterocycles. The number of hydrogen-bond acceptors (Lipinski definition) is 3. The summed E-state index contributed by atoms with van der Waals surface area (Å²) in [6, 6.07) is 15.2. The van der Waals surface area contributed by atoms with Gasteiger partial charge in [-0.3, -0.25) is 4.79 Å². The van der Waals surface area contributed by atoms with E-state index in [9.17, 15) is 4.79 Å². The monoisotopic (exact) mass is 402 g/mol. The normalized spacial score (nSPS) is 18.7. The van der Waals surface area contributed by atoms with Crippen LogP contribution in [0.3, 0.4) is 0 Å². The van der Waals surface area contributed by atoms with Crippen LogP contribution < -0.4 is 0 Å². The van der Waals surface area contributed by atoms with E-state index in [-0.39, 0.29) is 17.9 Å². The highest BCUT2D eigenvalue weighted by atomic mass is 35.5. The quantitative estimate of drug-likeness (QED) is 0.687. The number of hydrogen-bond donors (Lipinski definition) is 0. The zero-order chi connectivity index (χ0) is 18.8. The highest BCUT2D eigenvalue weighted by Crippen LogP contribution is 2.33. The molecule has 1 saturated carbocycles. The Hall–Kier alpha value is -2.04. The van der Waals surface area contributed by atoms with Crippen LogP contribution in [-0.4, -0.2) is 29.2 Å². The van der Waals surface area contributed by atoms with E-state index < -0.39 is 0 Å². The van der Waals surface area contributed by atoms with Crippen LogP contribution in [0.5, 0.6) is 0 Å². The van der Waals surface area contributed by atoms with Crippen LogP contribution >= 0.6 is 23.2 Å². The van der Waals surface area contributed by atoms with Crippen LogP contribution in [0.25, 0.3) is 0 Å². The molecule has 0 radical (unpaired) electrons. The Labute approximate surface area is 168 Å². The van der Waals surface area contributed by atoms with Gasteiger partial charge in [0, 0.05) is 34.5 Å². The van der Waals surface area contributed by atoms with Gasteiger partial charge in [-0.05, 0) is 30.5 Å². The van der Waals surface area contributed by atoms with Gasteiger partial charge in [-0.1, -0.05) is 64.8 Å². The summed E-state index contributed by atoms with van der Waals surface area (Å²) < 4.78 is 0. The minimum Gasteiger partial charge on any atom is -0.390 e. The molecule has 0 unspecified atom stereocenters. The largest absolute Gasteiger partial charge is 0.390 e. The van der Waals surface area contributed by atoms with Crippen LogP contribution in [0, 0.1) is 5.92 Å². The SMILES string of the molecule is O=C(C1CC1)N(Cc1ccccc1Cl)C[C@@H]1CC(c2ccccc2Cl)=NO1. The molecule has 1 fully saturated rings.